The number of nitrogen functional groups attached to an aromatic ring is 1. The van der Waals surface area contributed by atoms with Gasteiger partial charge in [-0.15, -0.1) is 6.58 Å². The van der Waals surface area contributed by atoms with E-state index in [-0.39, 0.29) is 17.8 Å². The lowest BCUT2D eigenvalue weighted by molar-refractivity contribution is 0.553. The number of nitrogens with one attached hydrogen (secondary N) is 1. The van der Waals surface area contributed by atoms with E-state index in [1.807, 2.05) is 0 Å². The molecule has 1 aliphatic carbocycles. The van der Waals surface area contributed by atoms with Gasteiger partial charge in [-0.3, -0.25) is 13.9 Å². The number of hydrogen-bond acceptors (Lipinski definition) is 4. The quantitative estimate of drug-likeness (QED) is 0.424. The molecule has 0 radical (unpaired) electrons. The van der Waals surface area contributed by atoms with Gasteiger partial charge in [-0.25, -0.2) is 10.6 Å². The van der Waals surface area contributed by atoms with Gasteiger partial charge in [0.05, 0.1) is 0 Å². The van der Waals surface area contributed by atoms with Crippen molar-refractivity contribution >= 4 is 5.82 Å². The molecule has 2 rings (SSSR count). The number of anilines is 1. The Hall–Kier alpha value is -1.82. The van der Waals surface area contributed by atoms with Crippen LogP contribution in [0.5, 0.6) is 0 Å². The van der Waals surface area contributed by atoms with Gasteiger partial charge in [-0.1, -0.05) is 6.08 Å². The summed E-state index contributed by atoms with van der Waals surface area (Å²) in [5.74, 6) is 6.22. The minimum Gasteiger partial charge on any atom is -0.310 e. The monoisotopic (exact) mass is 236 g/mol. The van der Waals surface area contributed by atoms with Crippen LogP contribution in [0.2, 0.25) is 0 Å². The van der Waals surface area contributed by atoms with Crippen LogP contribution >= 0.6 is 0 Å². The van der Waals surface area contributed by atoms with Crippen LogP contribution in [0.3, 0.4) is 0 Å². The molecule has 92 valence electrons. The minimum atomic E-state index is -0.366. The normalized spacial score (nSPS) is 14.6. The van der Waals surface area contributed by atoms with Crippen LogP contribution in [0.15, 0.2) is 28.3 Å². The first-order chi connectivity index (χ1) is 8.17. The largest absolute Gasteiger partial charge is 0.332 e. The summed E-state index contributed by atoms with van der Waals surface area (Å²) in [5, 5.41) is 0. The van der Waals surface area contributed by atoms with Crippen molar-refractivity contribution in [2.75, 3.05) is 5.43 Å². The average Bonchev–Trinajstić information content (AvgIpc) is 3.11. The van der Waals surface area contributed by atoms with Crippen LogP contribution in [0.25, 0.3) is 0 Å². The van der Waals surface area contributed by atoms with Gasteiger partial charge in [0.25, 0.3) is 5.56 Å². The van der Waals surface area contributed by atoms with Crippen molar-refractivity contribution < 1.29 is 0 Å². The maximum Gasteiger partial charge on any atom is 0.332 e. The Morgan fingerprint density at radius 2 is 2.18 bits per heavy atom. The van der Waals surface area contributed by atoms with Crippen LogP contribution in [0.1, 0.15) is 12.8 Å². The van der Waals surface area contributed by atoms with E-state index >= 15 is 0 Å². The molecule has 0 amide bonds. The zero-order valence-electron chi connectivity index (χ0n) is 9.56. The second-order valence-corrected chi connectivity index (χ2v) is 4.25. The first-order valence-electron chi connectivity index (χ1n) is 5.59. The van der Waals surface area contributed by atoms with Crippen LogP contribution in [-0.4, -0.2) is 9.13 Å². The molecule has 1 aliphatic rings. The van der Waals surface area contributed by atoms with Crippen molar-refractivity contribution in [3.8, 4) is 0 Å². The second-order valence-electron chi connectivity index (χ2n) is 4.25. The van der Waals surface area contributed by atoms with E-state index in [4.69, 9.17) is 5.84 Å². The van der Waals surface area contributed by atoms with Gasteiger partial charge in [-0.05, 0) is 18.8 Å². The minimum absolute atomic E-state index is 0.215. The Kier molecular flexibility index (Phi) is 3.14. The first-order valence-corrected chi connectivity index (χ1v) is 5.59. The van der Waals surface area contributed by atoms with Crippen LogP contribution in [0.4, 0.5) is 5.82 Å². The molecule has 1 fully saturated rings. The zero-order chi connectivity index (χ0) is 12.4. The van der Waals surface area contributed by atoms with Crippen LogP contribution in [-0.2, 0) is 13.1 Å². The fraction of sp³-hybridized carbons (Fsp3) is 0.455. The summed E-state index contributed by atoms with van der Waals surface area (Å²) < 4.78 is 2.67. The van der Waals surface area contributed by atoms with Gasteiger partial charge in [0, 0.05) is 19.2 Å². The standard InChI is InChI=1S/C11H16N4O2/c1-2-5-14-10(16)6-9(13-12)15(11(14)17)7-8-3-4-8/h2,6,8,13H,1,3-5,7,12H2. The Morgan fingerprint density at radius 3 is 2.71 bits per heavy atom. The molecule has 1 saturated carbocycles. The number of hydrazine groups is 1. The third kappa shape index (κ3) is 2.31. The van der Waals surface area contributed by atoms with Gasteiger partial charge in [0.2, 0.25) is 0 Å². The maximum atomic E-state index is 12.1. The highest BCUT2D eigenvalue weighted by Crippen LogP contribution is 2.30. The lowest BCUT2D eigenvalue weighted by atomic mass is 10.4. The van der Waals surface area contributed by atoms with E-state index in [0.29, 0.717) is 18.3 Å². The number of nitrogens with two attached hydrogens (primary N) is 1. The van der Waals surface area contributed by atoms with Crippen molar-refractivity contribution in [3.63, 3.8) is 0 Å². The molecule has 17 heavy (non-hydrogen) atoms. The summed E-state index contributed by atoms with van der Waals surface area (Å²) in [6.45, 7) is 4.36. The van der Waals surface area contributed by atoms with Gasteiger partial charge >= 0.3 is 5.69 Å². The number of allylic oxidation sites excluding steroid dienone is 1. The summed E-state index contributed by atoms with van der Waals surface area (Å²) >= 11 is 0. The lowest BCUT2D eigenvalue weighted by Crippen LogP contribution is -2.41. The molecule has 0 aromatic carbocycles. The van der Waals surface area contributed by atoms with Gasteiger partial charge in [-0.2, -0.15) is 0 Å². The van der Waals surface area contributed by atoms with Crippen molar-refractivity contribution in [3.05, 3.63) is 39.6 Å². The molecule has 0 unspecified atom stereocenters. The molecule has 6 nitrogen and oxygen atoms in total. The molecule has 0 spiro atoms. The van der Waals surface area contributed by atoms with E-state index in [1.165, 1.54) is 16.7 Å². The molecular weight excluding hydrogens is 220 g/mol. The van der Waals surface area contributed by atoms with Gasteiger partial charge in [0.1, 0.15) is 5.82 Å². The van der Waals surface area contributed by atoms with E-state index in [9.17, 15) is 9.59 Å². The summed E-state index contributed by atoms with van der Waals surface area (Å²) in [6, 6.07) is 1.34. The van der Waals surface area contributed by atoms with E-state index in [0.717, 1.165) is 17.4 Å². The summed E-state index contributed by atoms with van der Waals surface area (Å²) in [4.78, 5) is 23.8. The molecule has 0 atom stereocenters. The van der Waals surface area contributed by atoms with Crippen molar-refractivity contribution in [1.29, 1.82) is 0 Å². The molecule has 0 bridgehead atoms. The number of hydrogen-bond donors (Lipinski definition) is 2. The maximum absolute atomic E-state index is 12.1. The third-order valence-corrected chi connectivity index (χ3v) is 2.88. The number of nitrogens with zero attached hydrogens (tertiary/aromatic N) is 2. The highest BCUT2D eigenvalue weighted by atomic mass is 16.2. The van der Waals surface area contributed by atoms with Crippen LogP contribution in [0, 0.1) is 5.92 Å². The second kappa shape index (κ2) is 4.58. The van der Waals surface area contributed by atoms with Crippen molar-refractivity contribution in [2.24, 2.45) is 11.8 Å². The Morgan fingerprint density at radius 1 is 1.47 bits per heavy atom. The third-order valence-electron chi connectivity index (χ3n) is 2.88. The predicted molar refractivity (Wildman–Crippen MR) is 65.7 cm³/mol. The highest BCUT2D eigenvalue weighted by molar-refractivity contribution is 5.32. The summed E-state index contributed by atoms with van der Waals surface area (Å²) in [5.41, 5.74) is 1.70. The van der Waals surface area contributed by atoms with E-state index in [2.05, 4.69) is 12.0 Å². The molecule has 1 heterocycles. The van der Waals surface area contributed by atoms with Gasteiger partial charge < -0.3 is 5.43 Å². The summed E-state index contributed by atoms with van der Waals surface area (Å²) in [6.07, 6.45) is 3.77. The van der Waals surface area contributed by atoms with Crippen molar-refractivity contribution in [1.82, 2.24) is 9.13 Å². The van der Waals surface area contributed by atoms with Crippen molar-refractivity contribution in [2.45, 2.75) is 25.9 Å². The highest BCUT2D eigenvalue weighted by Gasteiger charge is 2.24. The molecule has 6 heteroatoms. The molecule has 0 saturated heterocycles. The molecule has 1 aromatic heterocycles. The Balaban J connectivity index is 2.52. The smallest absolute Gasteiger partial charge is 0.310 e. The number of rotatable bonds is 5. The molecular formula is C11H16N4O2. The SMILES string of the molecule is C=CCn1c(=O)cc(NN)n(CC2CC2)c1=O. The average molecular weight is 236 g/mol. The number of aromatic nitrogens is 2. The molecule has 1 aromatic rings. The van der Waals surface area contributed by atoms with E-state index in [1.54, 1.807) is 0 Å². The fourth-order valence-electron chi connectivity index (χ4n) is 1.77. The van der Waals surface area contributed by atoms with Crippen LogP contribution < -0.4 is 22.5 Å². The zero-order valence-corrected chi connectivity index (χ0v) is 9.56. The topological polar surface area (TPSA) is 82.0 Å². The Bertz CT molecular complexity index is 539. The molecule has 3 N–H and O–H groups in total. The Labute approximate surface area is 98.3 Å². The summed E-state index contributed by atoms with van der Waals surface area (Å²) in [7, 11) is 0. The molecule has 0 aliphatic heterocycles. The lowest BCUT2D eigenvalue weighted by Gasteiger charge is -2.13. The first kappa shape index (κ1) is 11.7. The van der Waals surface area contributed by atoms with Gasteiger partial charge in [0.15, 0.2) is 0 Å². The fourth-order valence-corrected chi connectivity index (χ4v) is 1.77. The predicted octanol–water partition coefficient (Wildman–Crippen LogP) is -0.108. The van der Waals surface area contributed by atoms with E-state index < -0.39 is 0 Å².